The Balaban J connectivity index is 1.79. The van der Waals surface area contributed by atoms with E-state index in [9.17, 15) is 4.79 Å². The van der Waals surface area contributed by atoms with Crippen LogP contribution in [0, 0.1) is 0 Å². The number of fused-ring (bicyclic) bond motifs is 1. The molecule has 0 bridgehead atoms. The minimum absolute atomic E-state index is 0.158. The number of aromatic nitrogens is 2. The van der Waals surface area contributed by atoms with Crippen molar-refractivity contribution in [2.45, 2.75) is 6.54 Å². The summed E-state index contributed by atoms with van der Waals surface area (Å²) in [5.41, 5.74) is 8.50. The molecule has 0 atom stereocenters. The van der Waals surface area contributed by atoms with Gasteiger partial charge in [-0.1, -0.05) is 23.7 Å². The minimum Gasteiger partial charge on any atom is -0.399 e. The molecule has 0 fully saturated rings. The van der Waals surface area contributed by atoms with Crippen LogP contribution in [0.25, 0.3) is 11.0 Å². The number of hydrogen-bond acceptors (Lipinski definition) is 3. The van der Waals surface area contributed by atoms with Crippen molar-refractivity contribution < 1.29 is 4.79 Å². The number of benzene rings is 2. The van der Waals surface area contributed by atoms with Gasteiger partial charge < -0.3 is 15.6 Å². The summed E-state index contributed by atoms with van der Waals surface area (Å²) in [7, 11) is 0. The lowest BCUT2D eigenvalue weighted by atomic mass is 10.3. The largest absolute Gasteiger partial charge is 0.399 e. The Kier molecular flexibility index (Phi) is 3.50. The maximum Gasteiger partial charge on any atom is 0.244 e. The summed E-state index contributed by atoms with van der Waals surface area (Å²) < 4.78 is 1.78. The zero-order valence-electron chi connectivity index (χ0n) is 11.1. The van der Waals surface area contributed by atoms with E-state index >= 15 is 0 Å². The van der Waals surface area contributed by atoms with Crippen LogP contribution in [0.2, 0.25) is 5.02 Å². The zero-order valence-corrected chi connectivity index (χ0v) is 11.8. The van der Waals surface area contributed by atoms with Gasteiger partial charge in [-0.25, -0.2) is 4.98 Å². The fraction of sp³-hybridized carbons (Fsp3) is 0.0667. The number of anilines is 2. The Morgan fingerprint density at radius 2 is 2.10 bits per heavy atom. The monoisotopic (exact) mass is 300 g/mol. The highest BCUT2D eigenvalue weighted by Crippen LogP contribution is 2.24. The molecule has 1 aromatic heterocycles. The molecular formula is C15H13ClN4O. The van der Waals surface area contributed by atoms with E-state index in [0.29, 0.717) is 16.4 Å². The Morgan fingerprint density at radius 1 is 1.29 bits per heavy atom. The van der Waals surface area contributed by atoms with Crippen molar-refractivity contribution in [1.29, 1.82) is 0 Å². The fourth-order valence-corrected chi connectivity index (χ4v) is 2.28. The van der Waals surface area contributed by atoms with Gasteiger partial charge in [-0.3, -0.25) is 4.79 Å². The summed E-state index contributed by atoms with van der Waals surface area (Å²) in [6, 6.07) is 12.6. The number of rotatable bonds is 3. The zero-order chi connectivity index (χ0) is 14.8. The summed E-state index contributed by atoms with van der Waals surface area (Å²) in [6.07, 6.45) is 1.64. The first-order valence-electron chi connectivity index (χ1n) is 6.38. The van der Waals surface area contributed by atoms with Crippen molar-refractivity contribution in [2.24, 2.45) is 0 Å². The van der Waals surface area contributed by atoms with Gasteiger partial charge in [-0.2, -0.15) is 0 Å². The molecule has 1 amide bonds. The predicted octanol–water partition coefficient (Wildman–Crippen LogP) is 2.91. The Bertz CT molecular complexity index is 812. The number of nitrogens with one attached hydrogen (secondary N) is 1. The molecule has 0 unspecified atom stereocenters. The van der Waals surface area contributed by atoms with E-state index < -0.39 is 0 Å². The molecule has 0 aliphatic carbocycles. The van der Waals surface area contributed by atoms with Gasteiger partial charge in [0.25, 0.3) is 0 Å². The molecule has 0 aliphatic heterocycles. The summed E-state index contributed by atoms with van der Waals surface area (Å²) >= 11 is 6.03. The maximum atomic E-state index is 12.1. The lowest BCUT2D eigenvalue weighted by Crippen LogP contribution is -2.18. The number of imidazole rings is 1. The van der Waals surface area contributed by atoms with Crippen molar-refractivity contribution in [1.82, 2.24) is 9.55 Å². The van der Waals surface area contributed by atoms with Gasteiger partial charge in [0.05, 0.1) is 28.1 Å². The van der Waals surface area contributed by atoms with E-state index in [4.69, 9.17) is 17.3 Å². The van der Waals surface area contributed by atoms with E-state index in [-0.39, 0.29) is 12.5 Å². The lowest BCUT2D eigenvalue weighted by Gasteiger charge is -2.09. The highest BCUT2D eigenvalue weighted by molar-refractivity contribution is 6.33. The average Bonchev–Trinajstić information content (AvgIpc) is 2.86. The third-order valence-electron chi connectivity index (χ3n) is 3.11. The van der Waals surface area contributed by atoms with Crippen molar-refractivity contribution in [3.05, 3.63) is 53.8 Å². The molecule has 6 heteroatoms. The summed E-state index contributed by atoms with van der Waals surface area (Å²) in [5, 5.41) is 3.21. The highest BCUT2D eigenvalue weighted by atomic mass is 35.5. The van der Waals surface area contributed by atoms with Crippen molar-refractivity contribution >= 4 is 39.9 Å². The van der Waals surface area contributed by atoms with Gasteiger partial charge in [0.2, 0.25) is 5.91 Å². The maximum absolute atomic E-state index is 12.1. The number of nitrogens with two attached hydrogens (primary N) is 1. The number of para-hydroxylation sites is 2. The fourth-order valence-electron chi connectivity index (χ4n) is 2.12. The lowest BCUT2D eigenvalue weighted by molar-refractivity contribution is -0.116. The number of nitrogens with zero attached hydrogens (tertiary/aromatic N) is 2. The average molecular weight is 301 g/mol. The summed E-state index contributed by atoms with van der Waals surface area (Å²) in [4.78, 5) is 16.4. The van der Waals surface area contributed by atoms with Crippen LogP contribution in [0.3, 0.4) is 0 Å². The summed E-state index contributed by atoms with van der Waals surface area (Å²) in [5.74, 6) is -0.189. The van der Waals surface area contributed by atoms with Gasteiger partial charge >= 0.3 is 0 Å². The topological polar surface area (TPSA) is 72.9 Å². The van der Waals surface area contributed by atoms with E-state index in [1.165, 1.54) is 0 Å². The number of hydrogen-bond donors (Lipinski definition) is 2. The second kappa shape index (κ2) is 5.46. The van der Waals surface area contributed by atoms with Crippen LogP contribution in [-0.2, 0) is 11.3 Å². The second-order valence-electron chi connectivity index (χ2n) is 4.65. The van der Waals surface area contributed by atoms with E-state index in [1.54, 1.807) is 29.1 Å². The van der Waals surface area contributed by atoms with Gasteiger partial charge in [0.1, 0.15) is 6.54 Å². The van der Waals surface area contributed by atoms with E-state index in [0.717, 1.165) is 11.0 Å². The van der Waals surface area contributed by atoms with Crippen molar-refractivity contribution in [3.8, 4) is 0 Å². The molecule has 2 aromatic carbocycles. The first kappa shape index (κ1) is 13.5. The molecule has 3 rings (SSSR count). The minimum atomic E-state index is -0.189. The molecule has 5 nitrogen and oxygen atoms in total. The Hall–Kier alpha value is -2.53. The highest BCUT2D eigenvalue weighted by Gasteiger charge is 2.09. The molecule has 3 N–H and O–H groups in total. The molecule has 0 saturated carbocycles. The molecule has 3 aromatic rings. The van der Waals surface area contributed by atoms with Crippen molar-refractivity contribution in [2.75, 3.05) is 11.1 Å². The van der Waals surface area contributed by atoms with Gasteiger partial charge in [-0.05, 0) is 30.3 Å². The molecule has 0 radical (unpaired) electrons. The number of amides is 1. The molecule has 0 saturated heterocycles. The molecular weight excluding hydrogens is 288 g/mol. The standard InChI is InChI=1S/C15H13ClN4O/c16-11-6-5-10(17)7-13(11)19-15(21)8-20-9-18-12-3-1-2-4-14(12)20/h1-7,9H,8,17H2,(H,19,21). The van der Waals surface area contributed by atoms with Crippen LogP contribution in [-0.4, -0.2) is 15.5 Å². The number of halogens is 1. The third-order valence-corrected chi connectivity index (χ3v) is 3.44. The van der Waals surface area contributed by atoms with Crippen LogP contribution in [0.4, 0.5) is 11.4 Å². The Labute approximate surface area is 126 Å². The molecule has 0 spiro atoms. The van der Waals surface area contributed by atoms with E-state index in [2.05, 4.69) is 10.3 Å². The normalized spacial score (nSPS) is 10.7. The Morgan fingerprint density at radius 3 is 2.95 bits per heavy atom. The van der Waals surface area contributed by atoms with E-state index in [1.807, 2.05) is 24.3 Å². The van der Waals surface area contributed by atoms with Crippen LogP contribution in [0.1, 0.15) is 0 Å². The number of carbonyl (C=O) groups excluding carboxylic acids is 1. The third kappa shape index (κ3) is 2.83. The quantitative estimate of drug-likeness (QED) is 0.730. The van der Waals surface area contributed by atoms with Crippen LogP contribution >= 0.6 is 11.6 Å². The first-order valence-corrected chi connectivity index (χ1v) is 6.76. The van der Waals surface area contributed by atoms with Crippen LogP contribution < -0.4 is 11.1 Å². The molecule has 21 heavy (non-hydrogen) atoms. The van der Waals surface area contributed by atoms with Crippen LogP contribution in [0.15, 0.2) is 48.8 Å². The molecule has 0 aliphatic rings. The van der Waals surface area contributed by atoms with Crippen molar-refractivity contribution in [3.63, 3.8) is 0 Å². The van der Waals surface area contributed by atoms with Gasteiger partial charge in [0, 0.05) is 5.69 Å². The number of nitrogen functional groups attached to an aromatic ring is 1. The first-order chi connectivity index (χ1) is 10.1. The smallest absolute Gasteiger partial charge is 0.244 e. The van der Waals surface area contributed by atoms with Gasteiger partial charge in [-0.15, -0.1) is 0 Å². The van der Waals surface area contributed by atoms with Gasteiger partial charge in [0.15, 0.2) is 0 Å². The van der Waals surface area contributed by atoms with Crippen LogP contribution in [0.5, 0.6) is 0 Å². The second-order valence-corrected chi connectivity index (χ2v) is 5.06. The summed E-state index contributed by atoms with van der Waals surface area (Å²) in [6.45, 7) is 0.158. The SMILES string of the molecule is Nc1ccc(Cl)c(NC(=O)Cn2cnc3ccccc32)c1. The molecule has 106 valence electrons. The predicted molar refractivity (Wildman–Crippen MR) is 84.2 cm³/mol. The number of carbonyl (C=O) groups is 1. The molecule has 1 heterocycles.